The maximum absolute atomic E-state index is 14.9. The van der Waals surface area contributed by atoms with Gasteiger partial charge in [0.1, 0.15) is 28.7 Å². The topological polar surface area (TPSA) is 129 Å². The fourth-order valence-electron chi connectivity index (χ4n) is 4.85. The lowest BCUT2D eigenvalue weighted by atomic mass is 9.85. The van der Waals surface area contributed by atoms with Crippen molar-refractivity contribution in [2.45, 2.75) is 40.3 Å². The van der Waals surface area contributed by atoms with Gasteiger partial charge in [-0.25, -0.2) is 9.18 Å². The van der Waals surface area contributed by atoms with E-state index in [-0.39, 0.29) is 51.0 Å². The van der Waals surface area contributed by atoms with Crippen LogP contribution in [-0.2, 0) is 6.54 Å². The molecule has 1 aromatic heterocycles. The number of aryl methyl sites for hydroxylation is 1. The van der Waals surface area contributed by atoms with Crippen LogP contribution in [-0.4, -0.2) is 17.0 Å². The molecule has 1 aliphatic rings. The molecular formula is C29H25ClFN3O6. The van der Waals surface area contributed by atoms with Gasteiger partial charge < -0.3 is 25.1 Å². The smallest absolute Gasteiger partial charge is 0.337 e. The van der Waals surface area contributed by atoms with Crippen molar-refractivity contribution in [3.8, 4) is 0 Å². The summed E-state index contributed by atoms with van der Waals surface area (Å²) >= 11 is 5.95. The number of anilines is 4. The third kappa shape index (κ3) is 4.54. The summed E-state index contributed by atoms with van der Waals surface area (Å²) in [6.07, 6.45) is 0. The second-order valence-corrected chi connectivity index (χ2v) is 11.2. The van der Waals surface area contributed by atoms with Crippen LogP contribution < -0.4 is 26.4 Å². The van der Waals surface area contributed by atoms with E-state index in [9.17, 15) is 28.7 Å². The highest BCUT2D eigenvalue weighted by Gasteiger charge is 2.37. The Kier molecular flexibility index (Phi) is 6.54. The highest BCUT2D eigenvalue weighted by atomic mass is 35.5. The minimum absolute atomic E-state index is 0.0187. The summed E-state index contributed by atoms with van der Waals surface area (Å²) in [5.74, 6) is -1.39. The summed E-state index contributed by atoms with van der Waals surface area (Å²) in [5, 5.41) is 15.8. The first-order valence-corrected chi connectivity index (χ1v) is 12.7. The van der Waals surface area contributed by atoms with Crippen molar-refractivity contribution in [2.24, 2.45) is 5.41 Å². The number of rotatable bonds is 7. The fourth-order valence-corrected chi connectivity index (χ4v) is 5.02. The standard InChI is InChI=1S/C29H25ClFN3O6/c1-13-5-10-20(40-13)26(29(2,3)4)33-23-22(24(35)25(23)36)32-18-8-7-17(31)16-12-34(27(37)21(16)18)19-9-6-14(30)11-15(19)28(38)39/h5-11,26,32-33H,12H2,1-4H3,(H,38,39)/t26-/m0/s1. The van der Waals surface area contributed by atoms with Gasteiger partial charge in [0.15, 0.2) is 0 Å². The SMILES string of the molecule is Cc1ccc([C@H](Nc2c(Nc3ccc(F)c4c3C(=O)N(c3ccc(Cl)cc3C(=O)O)C4)c(=O)c2=O)C(C)(C)C)o1. The molecule has 0 bridgehead atoms. The highest BCUT2D eigenvalue weighted by Crippen LogP contribution is 2.40. The largest absolute Gasteiger partial charge is 0.478 e. The third-order valence-corrected chi connectivity index (χ3v) is 7.12. The lowest BCUT2D eigenvalue weighted by Crippen LogP contribution is -2.39. The van der Waals surface area contributed by atoms with Crippen molar-refractivity contribution in [1.29, 1.82) is 0 Å². The fraction of sp³-hybridized carbons (Fsp3) is 0.241. The van der Waals surface area contributed by atoms with Crippen molar-refractivity contribution in [3.63, 3.8) is 0 Å². The van der Waals surface area contributed by atoms with Crippen LogP contribution >= 0.6 is 11.6 Å². The first-order chi connectivity index (χ1) is 18.8. The van der Waals surface area contributed by atoms with E-state index >= 15 is 0 Å². The van der Waals surface area contributed by atoms with E-state index in [1.807, 2.05) is 20.8 Å². The molecule has 0 fully saturated rings. The normalized spacial score (nSPS) is 13.9. The van der Waals surface area contributed by atoms with E-state index in [0.29, 0.717) is 11.5 Å². The number of fused-ring (bicyclic) bond motifs is 1. The van der Waals surface area contributed by atoms with Gasteiger partial charge >= 0.3 is 5.97 Å². The molecule has 9 nitrogen and oxygen atoms in total. The number of furan rings is 1. The molecule has 11 heteroatoms. The quantitative estimate of drug-likeness (QED) is 0.241. The zero-order valence-corrected chi connectivity index (χ0v) is 22.8. The highest BCUT2D eigenvalue weighted by molar-refractivity contribution is 6.31. The number of carboxylic acid groups (broad SMARTS) is 1. The molecule has 4 aromatic rings. The first kappa shape index (κ1) is 27.1. The van der Waals surface area contributed by atoms with Crippen LogP contribution in [0, 0.1) is 18.2 Å². The molecule has 3 N–H and O–H groups in total. The number of amides is 1. The van der Waals surface area contributed by atoms with Crippen molar-refractivity contribution >= 4 is 46.2 Å². The molecule has 0 unspecified atom stereocenters. The van der Waals surface area contributed by atoms with Crippen LogP contribution in [0.3, 0.4) is 0 Å². The van der Waals surface area contributed by atoms with Gasteiger partial charge in [-0.2, -0.15) is 0 Å². The Morgan fingerprint density at radius 2 is 1.77 bits per heavy atom. The molecule has 0 saturated carbocycles. The molecular weight excluding hydrogens is 541 g/mol. The van der Waals surface area contributed by atoms with Crippen LogP contribution in [0.25, 0.3) is 0 Å². The number of aromatic carboxylic acids is 1. The van der Waals surface area contributed by atoms with Gasteiger partial charge in [0.2, 0.25) is 0 Å². The zero-order valence-electron chi connectivity index (χ0n) is 22.0. The van der Waals surface area contributed by atoms with Gasteiger partial charge in [-0.3, -0.25) is 14.4 Å². The average Bonchev–Trinajstić information content (AvgIpc) is 3.47. The van der Waals surface area contributed by atoms with Crippen molar-refractivity contribution < 1.29 is 23.5 Å². The molecule has 0 spiro atoms. The average molecular weight is 566 g/mol. The Bertz CT molecular complexity index is 1760. The maximum Gasteiger partial charge on any atom is 0.337 e. The molecule has 5 rings (SSSR count). The molecule has 1 atom stereocenters. The Morgan fingerprint density at radius 3 is 2.40 bits per heavy atom. The summed E-state index contributed by atoms with van der Waals surface area (Å²) in [6.45, 7) is 7.40. The van der Waals surface area contributed by atoms with Gasteiger partial charge in [0, 0.05) is 10.6 Å². The summed E-state index contributed by atoms with van der Waals surface area (Å²) in [6, 6.07) is 9.57. The van der Waals surface area contributed by atoms with Crippen LogP contribution in [0.4, 0.5) is 27.1 Å². The van der Waals surface area contributed by atoms with Crippen molar-refractivity contribution in [3.05, 3.63) is 102 Å². The van der Waals surface area contributed by atoms with E-state index < -0.39 is 40.0 Å². The number of halogens is 2. The second-order valence-electron chi connectivity index (χ2n) is 10.7. The summed E-state index contributed by atoms with van der Waals surface area (Å²) in [5.41, 5.74) is -2.13. The molecule has 3 aromatic carbocycles. The summed E-state index contributed by atoms with van der Waals surface area (Å²) in [4.78, 5) is 51.8. The van der Waals surface area contributed by atoms with E-state index in [4.69, 9.17) is 16.0 Å². The minimum Gasteiger partial charge on any atom is -0.478 e. The van der Waals surface area contributed by atoms with Crippen molar-refractivity contribution in [1.82, 2.24) is 0 Å². The summed E-state index contributed by atoms with van der Waals surface area (Å²) in [7, 11) is 0. The Labute approximate surface area is 232 Å². The number of carboxylic acids is 1. The maximum atomic E-state index is 14.9. The van der Waals surface area contributed by atoms with E-state index in [2.05, 4.69) is 10.6 Å². The van der Waals surface area contributed by atoms with Gasteiger partial charge in [0.05, 0.1) is 35.1 Å². The summed E-state index contributed by atoms with van der Waals surface area (Å²) < 4.78 is 20.7. The first-order valence-electron chi connectivity index (χ1n) is 12.4. The number of carbonyl (C=O) groups is 2. The molecule has 2 heterocycles. The van der Waals surface area contributed by atoms with Crippen LogP contribution in [0.1, 0.15) is 64.6 Å². The minimum atomic E-state index is -1.31. The van der Waals surface area contributed by atoms with Gasteiger partial charge in [0.25, 0.3) is 16.8 Å². The Hall–Kier alpha value is -4.44. The lowest BCUT2D eigenvalue weighted by molar-refractivity contribution is 0.0697. The van der Waals surface area contributed by atoms with E-state index in [1.54, 1.807) is 19.1 Å². The molecule has 206 valence electrons. The number of hydrogen-bond acceptors (Lipinski definition) is 7. The van der Waals surface area contributed by atoms with E-state index in [1.165, 1.54) is 24.3 Å². The molecule has 0 saturated heterocycles. The van der Waals surface area contributed by atoms with Crippen LogP contribution in [0.2, 0.25) is 5.02 Å². The lowest BCUT2D eigenvalue weighted by Gasteiger charge is -2.31. The van der Waals surface area contributed by atoms with Gasteiger partial charge in [-0.15, -0.1) is 0 Å². The van der Waals surface area contributed by atoms with Crippen LogP contribution in [0.15, 0.2) is 56.5 Å². The number of nitrogens with zero attached hydrogens (tertiary/aromatic N) is 1. The number of benzene rings is 2. The predicted molar refractivity (Wildman–Crippen MR) is 149 cm³/mol. The van der Waals surface area contributed by atoms with Crippen LogP contribution in [0.5, 0.6) is 0 Å². The predicted octanol–water partition coefficient (Wildman–Crippen LogP) is 5.78. The molecule has 0 radical (unpaired) electrons. The van der Waals surface area contributed by atoms with Gasteiger partial charge in [-0.05, 0) is 54.8 Å². The zero-order chi connectivity index (χ0) is 29.1. The molecule has 1 aliphatic heterocycles. The third-order valence-electron chi connectivity index (χ3n) is 6.88. The van der Waals surface area contributed by atoms with E-state index in [0.717, 1.165) is 11.0 Å². The molecule has 40 heavy (non-hydrogen) atoms. The molecule has 0 aliphatic carbocycles. The number of hydrogen-bond donors (Lipinski definition) is 3. The Morgan fingerprint density at radius 1 is 1.07 bits per heavy atom. The second kappa shape index (κ2) is 9.63. The van der Waals surface area contributed by atoms with Crippen molar-refractivity contribution in [2.75, 3.05) is 15.5 Å². The monoisotopic (exact) mass is 565 g/mol. The number of nitrogens with one attached hydrogen (secondary N) is 2. The van der Waals surface area contributed by atoms with Gasteiger partial charge in [-0.1, -0.05) is 32.4 Å². The Balaban J connectivity index is 1.51. The number of carbonyl (C=O) groups excluding carboxylic acids is 1. The molecule has 1 amide bonds.